The Morgan fingerprint density at radius 2 is 2.21 bits per heavy atom. The van der Waals surface area contributed by atoms with E-state index < -0.39 is 0 Å². The Morgan fingerprint density at radius 1 is 1.36 bits per heavy atom. The molecule has 1 atom stereocenters. The van der Waals surface area contributed by atoms with Gasteiger partial charge in [-0.3, -0.25) is 15.1 Å². The molecule has 1 unspecified atom stereocenters. The number of benzene rings is 1. The van der Waals surface area contributed by atoms with Crippen LogP contribution in [0.5, 0.6) is 0 Å². The van der Waals surface area contributed by atoms with Crippen LogP contribution in [0.1, 0.15) is 26.2 Å². The monoisotopic (exact) mass is 393 g/mol. The number of hydrogen-bond donors (Lipinski definition) is 3. The van der Waals surface area contributed by atoms with Gasteiger partial charge in [-0.25, -0.2) is 0 Å². The van der Waals surface area contributed by atoms with E-state index in [4.69, 9.17) is 9.47 Å². The molecule has 9 heteroatoms. The van der Waals surface area contributed by atoms with Crippen LogP contribution < -0.4 is 16.0 Å². The molecule has 9 nitrogen and oxygen atoms in total. The zero-order valence-electron chi connectivity index (χ0n) is 16.5. The number of nitro benzene ring substituents is 1. The van der Waals surface area contributed by atoms with Crippen molar-refractivity contribution in [2.45, 2.75) is 32.3 Å². The fraction of sp³-hybridized carbons (Fsp3) is 0.632. The minimum absolute atomic E-state index is 0.0751. The molecule has 2 rings (SSSR count). The predicted molar refractivity (Wildman–Crippen MR) is 110 cm³/mol. The molecule has 156 valence electrons. The number of guanidine groups is 1. The molecule has 0 spiro atoms. The summed E-state index contributed by atoms with van der Waals surface area (Å²) >= 11 is 0. The molecule has 0 aliphatic carbocycles. The molecule has 0 bridgehead atoms. The van der Waals surface area contributed by atoms with Crippen molar-refractivity contribution in [1.82, 2.24) is 10.6 Å². The number of rotatable bonds is 12. The lowest BCUT2D eigenvalue weighted by Crippen LogP contribution is -2.39. The number of hydrogen-bond acceptors (Lipinski definition) is 6. The highest BCUT2D eigenvalue weighted by Gasteiger charge is 2.15. The highest BCUT2D eigenvalue weighted by molar-refractivity contribution is 5.79. The van der Waals surface area contributed by atoms with Crippen LogP contribution in [0, 0.1) is 10.1 Å². The lowest BCUT2D eigenvalue weighted by molar-refractivity contribution is -0.384. The van der Waals surface area contributed by atoms with Gasteiger partial charge >= 0.3 is 0 Å². The smallest absolute Gasteiger partial charge is 0.292 e. The molecule has 0 saturated carbocycles. The molecule has 0 amide bonds. The summed E-state index contributed by atoms with van der Waals surface area (Å²) in [7, 11) is 0. The Bertz CT molecular complexity index is 620. The number of aliphatic imine (C=N–C) groups is 1. The van der Waals surface area contributed by atoms with Crippen LogP contribution in [-0.2, 0) is 9.47 Å². The van der Waals surface area contributed by atoms with Crippen molar-refractivity contribution in [3.63, 3.8) is 0 Å². The van der Waals surface area contributed by atoms with Crippen LogP contribution in [0.15, 0.2) is 29.3 Å². The van der Waals surface area contributed by atoms with Gasteiger partial charge in [0.15, 0.2) is 5.96 Å². The highest BCUT2D eigenvalue weighted by atomic mass is 16.6. The van der Waals surface area contributed by atoms with E-state index in [1.54, 1.807) is 18.2 Å². The van der Waals surface area contributed by atoms with E-state index in [0.29, 0.717) is 38.5 Å². The van der Waals surface area contributed by atoms with E-state index in [2.05, 4.69) is 20.9 Å². The molecule has 1 aromatic rings. The third kappa shape index (κ3) is 8.10. The molecule has 0 aromatic heterocycles. The van der Waals surface area contributed by atoms with Gasteiger partial charge in [-0.1, -0.05) is 12.1 Å². The Hall–Kier alpha value is -2.39. The zero-order chi connectivity index (χ0) is 20.0. The molecule has 1 heterocycles. The van der Waals surface area contributed by atoms with Crippen molar-refractivity contribution in [3.05, 3.63) is 34.4 Å². The summed E-state index contributed by atoms with van der Waals surface area (Å²) in [6, 6.07) is 6.62. The summed E-state index contributed by atoms with van der Waals surface area (Å²) in [6.07, 6.45) is 3.32. The number of anilines is 1. The van der Waals surface area contributed by atoms with E-state index in [1.807, 2.05) is 6.92 Å². The first kappa shape index (κ1) is 21.9. The molecule has 1 aliphatic rings. The fourth-order valence-corrected chi connectivity index (χ4v) is 2.85. The fourth-order valence-electron chi connectivity index (χ4n) is 2.85. The van der Waals surface area contributed by atoms with Crippen molar-refractivity contribution in [2.75, 3.05) is 51.3 Å². The van der Waals surface area contributed by atoms with Crippen molar-refractivity contribution in [2.24, 2.45) is 4.99 Å². The molecular formula is C19H31N5O4. The molecule has 1 fully saturated rings. The van der Waals surface area contributed by atoms with Crippen molar-refractivity contribution < 1.29 is 14.4 Å². The van der Waals surface area contributed by atoms with Gasteiger partial charge in [0.2, 0.25) is 0 Å². The Labute approximate surface area is 166 Å². The second-order valence-electron chi connectivity index (χ2n) is 6.45. The van der Waals surface area contributed by atoms with Crippen LogP contribution in [-0.4, -0.2) is 63.0 Å². The number of nitrogens with one attached hydrogen (secondary N) is 3. The minimum atomic E-state index is -0.387. The van der Waals surface area contributed by atoms with Gasteiger partial charge in [0, 0.05) is 45.5 Å². The van der Waals surface area contributed by atoms with Gasteiger partial charge in [-0.15, -0.1) is 0 Å². The molecule has 1 aromatic carbocycles. The van der Waals surface area contributed by atoms with Crippen LogP contribution in [0.3, 0.4) is 0 Å². The maximum Gasteiger partial charge on any atom is 0.292 e. The van der Waals surface area contributed by atoms with E-state index >= 15 is 0 Å². The minimum Gasteiger partial charge on any atom is -0.379 e. The van der Waals surface area contributed by atoms with Crippen molar-refractivity contribution >= 4 is 17.3 Å². The average molecular weight is 393 g/mol. The Kier molecular flexibility index (Phi) is 10.1. The van der Waals surface area contributed by atoms with Crippen molar-refractivity contribution in [3.8, 4) is 0 Å². The maximum atomic E-state index is 11.0. The molecule has 1 aliphatic heterocycles. The van der Waals surface area contributed by atoms with E-state index in [0.717, 1.165) is 38.4 Å². The summed E-state index contributed by atoms with van der Waals surface area (Å²) in [4.78, 5) is 15.2. The largest absolute Gasteiger partial charge is 0.379 e. The SMILES string of the molecule is CCNC(=NCCCOCC1CCCO1)NCCNc1ccccc1[N+](=O)[O-]. The van der Waals surface area contributed by atoms with Gasteiger partial charge in [0.1, 0.15) is 5.69 Å². The van der Waals surface area contributed by atoms with Crippen LogP contribution in [0.4, 0.5) is 11.4 Å². The highest BCUT2D eigenvalue weighted by Crippen LogP contribution is 2.22. The third-order valence-electron chi connectivity index (χ3n) is 4.22. The van der Waals surface area contributed by atoms with Crippen LogP contribution >= 0.6 is 0 Å². The van der Waals surface area contributed by atoms with Gasteiger partial charge in [-0.2, -0.15) is 0 Å². The normalized spacial score (nSPS) is 16.8. The second kappa shape index (κ2) is 12.9. The first-order valence-corrected chi connectivity index (χ1v) is 9.89. The van der Waals surface area contributed by atoms with Gasteiger partial charge < -0.3 is 25.4 Å². The van der Waals surface area contributed by atoms with Crippen molar-refractivity contribution in [1.29, 1.82) is 0 Å². The van der Waals surface area contributed by atoms with E-state index in [9.17, 15) is 10.1 Å². The molecule has 1 saturated heterocycles. The van der Waals surface area contributed by atoms with Gasteiger partial charge in [-0.05, 0) is 32.3 Å². The summed E-state index contributed by atoms with van der Waals surface area (Å²) in [5, 5.41) is 20.5. The number of nitrogens with zero attached hydrogens (tertiary/aromatic N) is 2. The Balaban J connectivity index is 1.63. The van der Waals surface area contributed by atoms with Crippen LogP contribution in [0.2, 0.25) is 0 Å². The lowest BCUT2D eigenvalue weighted by Gasteiger charge is -2.13. The van der Waals surface area contributed by atoms with Gasteiger partial charge in [0.25, 0.3) is 5.69 Å². The van der Waals surface area contributed by atoms with E-state index in [1.165, 1.54) is 6.07 Å². The molecular weight excluding hydrogens is 362 g/mol. The zero-order valence-corrected chi connectivity index (χ0v) is 16.5. The average Bonchev–Trinajstić information content (AvgIpc) is 3.21. The topological polar surface area (TPSA) is 110 Å². The number of para-hydroxylation sites is 2. The second-order valence-corrected chi connectivity index (χ2v) is 6.45. The summed E-state index contributed by atoms with van der Waals surface area (Å²) in [6.45, 7) is 6.75. The van der Waals surface area contributed by atoms with E-state index in [-0.39, 0.29) is 16.7 Å². The quantitative estimate of drug-likeness (QED) is 0.164. The first-order chi connectivity index (χ1) is 13.7. The van der Waals surface area contributed by atoms with Crippen LogP contribution in [0.25, 0.3) is 0 Å². The lowest BCUT2D eigenvalue weighted by atomic mass is 10.2. The summed E-state index contributed by atoms with van der Waals surface area (Å²) in [5.41, 5.74) is 0.589. The molecule has 3 N–H and O–H groups in total. The standard InChI is InChI=1S/C19H31N5O4/c1-2-20-19(22-10-6-13-27-15-16-7-5-14-28-16)23-12-11-21-17-8-3-4-9-18(17)24(25)26/h3-4,8-9,16,21H,2,5-7,10-15H2,1H3,(H2,20,22,23). The number of ether oxygens (including phenoxy) is 2. The van der Waals surface area contributed by atoms with Gasteiger partial charge in [0.05, 0.1) is 17.6 Å². The predicted octanol–water partition coefficient (Wildman–Crippen LogP) is 2.15. The summed E-state index contributed by atoms with van der Waals surface area (Å²) in [5.74, 6) is 0.728. The first-order valence-electron chi connectivity index (χ1n) is 9.89. The summed E-state index contributed by atoms with van der Waals surface area (Å²) < 4.78 is 11.2. The molecule has 28 heavy (non-hydrogen) atoms. The third-order valence-corrected chi connectivity index (χ3v) is 4.22. The molecule has 0 radical (unpaired) electrons. The Morgan fingerprint density at radius 3 is 2.96 bits per heavy atom. The number of nitro groups is 1. The maximum absolute atomic E-state index is 11.0.